The van der Waals surface area contributed by atoms with Gasteiger partial charge in [0.25, 0.3) is 0 Å². The SMILES string of the molecule is COc1c(Br)ccc(/C=C(\C(=O)O)c2cc(C)no2)c1O. The minimum Gasteiger partial charge on any atom is -0.504 e. The lowest BCUT2D eigenvalue weighted by molar-refractivity contribution is -0.130. The lowest BCUT2D eigenvalue weighted by Gasteiger charge is -2.08. The highest BCUT2D eigenvalue weighted by Gasteiger charge is 2.18. The number of carboxylic acid groups (broad SMARTS) is 1. The zero-order chi connectivity index (χ0) is 15.6. The van der Waals surface area contributed by atoms with Crippen LogP contribution in [0.25, 0.3) is 11.6 Å². The van der Waals surface area contributed by atoms with Gasteiger partial charge < -0.3 is 19.5 Å². The third-order valence-electron chi connectivity index (χ3n) is 2.74. The molecule has 6 nitrogen and oxygen atoms in total. The second-order valence-electron chi connectivity index (χ2n) is 4.21. The van der Waals surface area contributed by atoms with Crippen molar-refractivity contribution in [2.75, 3.05) is 7.11 Å². The number of halogens is 1. The summed E-state index contributed by atoms with van der Waals surface area (Å²) < 4.78 is 10.6. The van der Waals surface area contributed by atoms with E-state index in [1.165, 1.54) is 19.3 Å². The molecule has 0 radical (unpaired) electrons. The number of carboxylic acids is 1. The highest BCUT2D eigenvalue weighted by atomic mass is 79.9. The topological polar surface area (TPSA) is 92.8 Å². The molecule has 0 fully saturated rings. The van der Waals surface area contributed by atoms with Gasteiger partial charge in [-0.2, -0.15) is 0 Å². The van der Waals surface area contributed by atoms with Crippen LogP contribution in [-0.2, 0) is 4.79 Å². The van der Waals surface area contributed by atoms with Crippen molar-refractivity contribution in [3.05, 3.63) is 39.7 Å². The van der Waals surface area contributed by atoms with E-state index in [0.717, 1.165) is 0 Å². The Hall–Kier alpha value is -2.28. The largest absolute Gasteiger partial charge is 0.504 e. The van der Waals surface area contributed by atoms with E-state index < -0.39 is 5.97 Å². The van der Waals surface area contributed by atoms with E-state index >= 15 is 0 Å². The van der Waals surface area contributed by atoms with Gasteiger partial charge in [0.2, 0.25) is 0 Å². The average molecular weight is 354 g/mol. The number of rotatable bonds is 4. The number of hydrogen-bond acceptors (Lipinski definition) is 5. The number of phenolic OH excluding ortho intramolecular Hbond substituents is 1. The number of aryl methyl sites for hydroxylation is 1. The van der Waals surface area contributed by atoms with Gasteiger partial charge in [0.1, 0.15) is 5.57 Å². The first-order chi connectivity index (χ1) is 9.93. The summed E-state index contributed by atoms with van der Waals surface area (Å²) in [6.07, 6.45) is 1.30. The number of methoxy groups -OCH3 is 1. The van der Waals surface area contributed by atoms with Crippen molar-refractivity contribution >= 4 is 33.5 Å². The molecule has 1 heterocycles. The number of nitrogens with zero attached hydrogens (tertiary/aromatic N) is 1. The molecule has 0 aliphatic rings. The number of aromatic hydroxyl groups is 1. The number of phenols is 1. The van der Waals surface area contributed by atoms with E-state index in [4.69, 9.17) is 9.26 Å². The summed E-state index contributed by atoms with van der Waals surface area (Å²) in [5.74, 6) is -1.02. The molecule has 2 N–H and O–H groups in total. The summed E-state index contributed by atoms with van der Waals surface area (Å²) in [6, 6.07) is 4.72. The summed E-state index contributed by atoms with van der Waals surface area (Å²) in [4.78, 5) is 11.4. The number of carbonyl (C=O) groups is 1. The van der Waals surface area contributed by atoms with Gasteiger partial charge in [-0.25, -0.2) is 4.79 Å². The van der Waals surface area contributed by atoms with Crippen molar-refractivity contribution in [1.82, 2.24) is 5.16 Å². The first kappa shape index (κ1) is 15.1. The van der Waals surface area contributed by atoms with Gasteiger partial charge in [0, 0.05) is 11.6 Å². The number of hydrogen-bond donors (Lipinski definition) is 2. The predicted octanol–water partition coefficient (Wildman–Crippen LogP) is 3.08. The van der Waals surface area contributed by atoms with Gasteiger partial charge in [0.05, 0.1) is 17.3 Å². The minimum atomic E-state index is -1.19. The zero-order valence-corrected chi connectivity index (χ0v) is 12.8. The van der Waals surface area contributed by atoms with E-state index in [0.29, 0.717) is 15.7 Å². The van der Waals surface area contributed by atoms with Crippen molar-refractivity contribution in [2.24, 2.45) is 0 Å². The van der Waals surface area contributed by atoms with Gasteiger partial charge in [0.15, 0.2) is 17.3 Å². The highest BCUT2D eigenvalue weighted by Crippen LogP contribution is 2.38. The summed E-state index contributed by atoms with van der Waals surface area (Å²) in [7, 11) is 1.41. The van der Waals surface area contributed by atoms with Crippen LogP contribution in [0, 0.1) is 6.92 Å². The van der Waals surface area contributed by atoms with Crippen LogP contribution >= 0.6 is 15.9 Å². The van der Waals surface area contributed by atoms with Crippen LogP contribution in [0.3, 0.4) is 0 Å². The second-order valence-corrected chi connectivity index (χ2v) is 5.07. The second kappa shape index (κ2) is 6.01. The van der Waals surface area contributed by atoms with Crippen molar-refractivity contribution in [1.29, 1.82) is 0 Å². The van der Waals surface area contributed by atoms with E-state index in [-0.39, 0.29) is 22.8 Å². The van der Waals surface area contributed by atoms with E-state index in [2.05, 4.69) is 21.1 Å². The van der Waals surface area contributed by atoms with E-state index in [9.17, 15) is 15.0 Å². The smallest absolute Gasteiger partial charge is 0.339 e. The van der Waals surface area contributed by atoms with Gasteiger partial charge in [-0.05, 0) is 41.1 Å². The maximum atomic E-state index is 11.4. The molecule has 2 rings (SSSR count). The Morgan fingerprint density at radius 1 is 1.48 bits per heavy atom. The van der Waals surface area contributed by atoms with Crippen LogP contribution in [0.5, 0.6) is 11.5 Å². The first-order valence-corrected chi connectivity index (χ1v) is 6.67. The highest BCUT2D eigenvalue weighted by molar-refractivity contribution is 9.10. The number of benzene rings is 1. The lowest BCUT2D eigenvalue weighted by Crippen LogP contribution is -1.99. The molecule has 7 heteroatoms. The maximum absolute atomic E-state index is 11.4. The number of aromatic nitrogens is 1. The van der Waals surface area contributed by atoms with Crippen LogP contribution < -0.4 is 4.74 Å². The summed E-state index contributed by atoms with van der Waals surface area (Å²) in [5, 5.41) is 23.1. The fourth-order valence-electron chi connectivity index (χ4n) is 1.76. The molecule has 0 saturated heterocycles. The van der Waals surface area contributed by atoms with Crippen LogP contribution in [0.15, 0.2) is 27.2 Å². The van der Waals surface area contributed by atoms with Gasteiger partial charge in [-0.3, -0.25) is 0 Å². The molecule has 21 heavy (non-hydrogen) atoms. The predicted molar refractivity (Wildman–Crippen MR) is 79.1 cm³/mol. The minimum absolute atomic E-state index is 0.112. The first-order valence-electron chi connectivity index (χ1n) is 5.88. The molecular formula is C14H12BrNO5. The van der Waals surface area contributed by atoms with Gasteiger partial charge in [-0.15, -0.1) is 0 Å². The summed E-state index contributed by atoms with van der Waals surface area (Å²) in [6.45, 7) is 1.69. The molecule has 0 bridgehead atoms. The van der Waals surface area contributed by atoms with Crippen molar-refractivity contribution in [3.8, 4) is 11.5 Å². The van der Waals surface area contributed by atoms with Crippen molar-refractivity contribution in [3.63, 3.8) is 0 Å². The normalized spacial score (nSPS) is 11.5. The Balaban J connectivity index is 2.56. The lowest BCUT2D eigenvalue weighted by atomic mass is 10.1. The zero-order valence-electron chi connectivity index (χ0n) is 11.3. The third kappa shape index (κ3) is 3.08. The molecular weight excluding hydrogens is 342 g/mol. The van der Waals surface area contributed by atoms with Crippen LogP contribution in [-0.4, -0.2) is 28.4 Å². The molecule has 1 aromatic heterocycles. The fraction of sp³-hybridized carbons (Fsp3) is 0.143. The molecule has 110 valence electrons. The molecule has 0 atom stereocenters. The molecule has 1 aromatic carbocycles. The Morgan fingerprint density at radius 2 is 2.19 bits per heavy atom. The van der Waals surface area contributed by atoms with Crippen LogP contribution in [0.2, 0.25) is 0 Å². The molecule has 2 aromatic rings. The quantitative estimate of drug-likeness (QED) is 0.820. The monoisotopic (exact) mass is 353 g/mol. The van der Waals surface area contributed by atoms with Crippen LogP contribution in [0.4, 0.5) is 0 Å². The Bertz CT molecular complexity index is 720. The molecule has 0 aliphatic carbocycles. The number of ether oxygens (including phenoxy) is 1. The summed E-state index contributed by atoms with van der Waals surface area (Å²) in [5.41, 5.74) is 0.742. The van der Waals surface area contributed by atoms with Crippen molar-refractivity contribution < 1.29 is 24.3 Å². The Labute approximate surface area is 128 Å². The molecule has 0 amide bonds. The molecule has 0 saturated carbocycles. The van der Waals surface area contributed by atoms with Crippen molar-refractivity contribution in [2.45, 2.75) is 6.92 Å². The maximum Gasteiger partial charge on any atom is 0.339 e. The van der Waals surface area contributed by atoms with Crippen LogP contribution in [0.1, 0.15) is 17.0 Å². The summed E-state index contributed by atoms with van der Waals surface area (Å²) >= 11 is 3.23. The fourth-order valence-corrected chi connectivity index (χ4v) is 2.24. The van der Waals surface area contributed by atoms with E-state index in [1.807, 2.05) is 0 Å². The third-order valence-corrected chi connectivity index (χ3v) is 3.37. The van der Waals surface area contributed by atoms with Gasteiger partial charge >= 0.3 is 5.97 Å². The molecule has 0 unspecified atom stereocenters. The van der Waals surface area contributed by atoms with E-state index in [1.54, 1.807) is 19.1 Å². The number of aliphatic carboxylic acids is 1. The Kier molecular flexibility index (Phi) is 4.32. The molecule has 0 aliphatic heterocycles. The standard InChI is InChI=1S/C14H12BrNO5/c1-7-5-11(21-16-7)9(14(18)19)6-8-3-4-10(15)13(20-2)12(8)17/h3-6,17H,1-2H3,(H,18,19)/b9-6-. The van der Waals surface area contributed by atoms with Gasteiger partial charge in [-0.1, -0.05) is 5.16 Å². The Morgan fingerprint density at radius 3 is 2.71 bits per heavy atom. The average Bonchev–Trinajstić information content (AvgIpc) is 2.84. The molecule has 0 spiro atoms.